The van der Waals surface area contributed by atoms with E-state index in [9.17, 15) is 9.90 Å². The molecule has 1 saturated carbocycles. The second-order valence-corrected chi connectivity index (χ2v) is 12.8. The van der Waals surface area contributed by atoms with E-state index < -0.39 is 5.97 Å². The van der Waals surface area contributed by atoms with Crippen LogP contribution in [0.5, 0.6) is 11.5 Å². The van der Waals surface area contributed by atoms with Crippen molar-refractivity contribution in [3.05, 3.63) is 101 Å². The maximum absolute atomic E-state index is 12.0. The summed E-state index contributed by atoms with van der Waals surface area (Å²) in [6, 6.07) is 19.5. The molecule has 2 aliphatic carbocycles. The van der Waals surface area contributed by atoms with E-state index in [2.05, 4.69) is 23.6 Å². The minimum atomic E-state index is -0.932. The first kappa shape index (κ1) is 29.6. The van der Waals surface area contributed by atoms with E-state index in [0.29, 0.717) is 25.0 Å². The van der Waals surface area contributed by atoms with Crippen LogP contribution in [-0.2, 0) is 23.2 Å². The molecule has 1 N–H and O–H groups in total. The second kappa shape index (κ2) is 12.6. The molecule has 1 spiro atoms. The van der Waals surface area contributed by atoms with E-state index in [1.54, 1.807) is 19.2 Å². The first-order valence-electron chi connectivity index (χ1n) is 15.3. The van der Waals surface area contributed by atoms with Gasteiger partial charge in [-0.25, -0.2) is 4.79 Å². The molecule has 0 bridgehead atoms. The summed E-state index contributed by atoms with van der Waals surface area (Å²) >= 11 is 6.41. The molecule has 0 aromatic heterocycles. The molecule has 3 aromatic rings. The summed E-state index contributed by atoms with van der Waals surface area (Å²) in [4.78, 5) is 14.4. The molecule has 3 aliphatic rings. The summed E-state index contributed by atoms with van der Waals surface area (Å²) in [5.74, 6) is 1.45. The fourth-order valence-corrected chi connectivity index (χ4v) is 7.49. The third kappa shape index (κ3) is 6.13. The summed E-state index contributed by atoms with van der Waals surface area (Å²) in [6.45, 7) is 6.69. The fraction of sp³-hybridized carbons (Fsp3) is 0.417. The molecule has 226 valence electrons. The summed E-state index contributed by atoms with van der Waals surface area (Å²) in [5.41, 5.74) is 4.64. The lowest BCUT2D eigenvalue weighted by atomic mass is 9.68. The number of nitrogens with zero attached hydrogens (tertiary/aromatic N) is 1. The van der Waals surface area contributed by atoms with E-state index in [1.807, 2.05) is 42.5 Å². The van der Waals surface area contributed by atoms with Gasteiger partial charge in [0.2, 0.25) is 0 Å². The van der Waals surface area contributed by atoms with E-state index in [1.165, 1.54) is 11.1 Å². The van der Waals surface area contributed by atoms with Crippen molar-refractivity contribution < 1.29 is 24.1 Å². The van der Waals surface area contributed by atoms with Gasteiger partial charge in [-0.2, -0.15) is 0 Å². The first-order valence-corrected chi connectivity index (χ1v) is 15.7. The highest BCUT2D eigenvalue weighted by molar-refractivity contribution is 6.30. The number of aromatic carboxylic acids is 1. The van der Waals surface area contributed by atoms with Gasteiger partial charge in [-0.3, -0.25) is 0 Å². The Morgan fingerprint density at radius 3 is 2.74 bits per heavy atom. The van der Waals surface area contributed by atoms with Crippen molar-refractivity contribution in [2.75, 3.05) is 31.7 Å². The van der Waals surface area contributed by atoms with Gasteiger partial charge >= 0.3 is 5.97 Å². The van der Waals surface area contributed by atoms with Crippen LogP contribution >= 0.6 is 11.6 Å². The average molecular weight is 602 g/mol. The van der Waals surface area contributed by atoms with Crippen LogP contribution in [0.3, 0.4) is 0 Å². The fourth-order valence-electron chi connectivity index (χ4n) is 7.30. The minimum absolute atomic E-state index is 0.0675. The number of halogens is 1. The lowest BCUT2D eigenvalue weighted by Crippen LogP contribution is -2.49. The molecular formula is C36H40ClNO5. The van der Waals surface area contributed by atoms with Crippen molar-refractivity contribution in [2.45, 2.75) is 56.7 Å². The number of aryl methyl sites for hydroxylation is 1. The molecule has 2 unspecified atom stereocenters. The second-order valence-electron chi connectivity index (χ2n) is 12.3. The van der Waals surface area contributed by atoms with Crippen LogP contribution in [0.4, 0.5) is 5.69 Å². The van der Waals surface area contributed by atoms with Gasteiger partial charge in [-0.05, 0) is 110 Å². The Morgan fingerprint density at radius 2 is 2.02 bits per heavy atom. The standard InChI is InChI=1S/C36H40ClNO5/c1-3-5-33(42-21-24-7-12-29(41-2)13-8-24)30-14-9-27(30)20-38-22-36(17-4-6-25-18-28(37)11-15-31(25)36)23-43-34-16-10-26(35(39)40)19-32(34)38/h3,7-8,10-13,15-16,18-19,27,30,33H,1,4-6,9,14,17,20-23H2,2H3,(H,39,40)/t27-,30+,33?,36?/m0/s1. The van der Waals surface area contributed by atoms with Gasteiger partial charge < -0.3 is 24.2 Å². The van der Waals surface area contributed by atoms with Crippen molar-refractivity contribution in [3.8, 4) is 11.5 Å². The number of hydrogen-bond donors (Lipinski definition) is 1. The Kier molecular flexibility index (Phi) is 8.69. The number of hydrogen-bond acceptors (Lipinski definition) is 5. The van der Waals surface area contributed by atoms with E-state index in [0.717, 1.165) is 79.4 Å². The molecule has 0 saturated heterocycles. The topological polar surface area (TPSA) is 68.2 Å². The van der Waals surface area contributed by atoms with Crippen LogP contribution in [0.1, 0.15) is 59.2 Å². The third-order valence-electron chi connectivity index (χ3n) is 9.71. The number of methoxy groups -OCH3 is 1. The van der Waals surface area contributed by atoms with Gasteiger partial charge in [-0.1, -0.05) is 35.9 Å². The van der Waals surface area contributed by atoms with Gasteiger partial charge in [0.1, 0.15) is 11.5 Å². The van der Waals surface area contributed by atoms with Crippen LogP contribution in [0.25, 0.3) is 0 Å². The quantitative estimate of drug-likeness (QED) is 0.240. The molecule has 1 heterocycles. The summed E-state index contributed by atoms with van der Waals surface area (Å²) in [6.07, 6.45) is 8.11. The molecule has 1 fully saturated rings. The molecule has 3 aromatic carbocycles. The van der Waals surface area contributed by atoms with E-state index >= 15 is 0 Å². The number of fused-ring (bicyclic) bond motifs is 3. The van der Waals surface area contributed by atoms with Crippen LogP contribution in [0, 0.1) is 11.8 Å². The SMILES string of the molecule is C=CCC(OCc1ccc(OC)cc1)[C@@H]1CC[C@H]1CN1CC2(CCCc3cc(Cl)ccc32)COc2ccc(C(=O)O)cc21. The Hall–Kier alpha value is -3.48. The number of carbonyl (C=O) groups is 1. The molecule has 43 heavy (non-hydrogen) atoms. The molecule has 7 heteroatoms. The molecule has 0 amide bonds. The van der Waals surface area contributed by atoms with Crippen molar-refractivity contribution >= 4 is 23.3 Å². The van der Waals surface area contributed by atoms with Crippen LogP contribution in [-0.4, -0.2) is 44.0 Å². The Bertz CT molecular complexity index is 1470. The summed E-state index contributed by atoms with van der Waals surface area (Å²) in [5, 5.41) is 10.6. The molecule has 4 atom stereocenters. The third-order valence-corrected chi connectivity index (χ3v) is 9.95. The molecule has 1 aliphatic heterocycles. The number of rotatable bonds is 10. The Labute approximate surface area is 259 Å². The monoisotopic (exact) mass is 601 g/mol. The number of benzene rings is 3. The normalized spacial score (nSPS) is 23.3. The van der Waals surface area contributed by atoms with Gasteiger partial charge in [0, 0.05) is 23.5 Å². The predicted molar refractivity (Wildman–Crippen MR) is 170 cm³/mol. The van der Waals surface area contributed by atoms with Crippen molar-refractivity contribution in [2.24, 2.45) is 11.8 Å². The maximum Gasteiger partial charge on any atom is 0.335 e. The van der Waals surface area contributed by atoms with Gasteiger partial charge in [0.25, 0.3) is 0 Å². The van der Waals surface area contributed by atoms with Crippen molar-refractivity contribution in [1.82, 2.24) is 0 Å². The Morgan fingerprint density at radius 1 is 1.19 bits per heavy atom. The minimum Gasteiger partial charge on any atom is -0.497 e. The van der Waals surface area contributed by atoms with Crippen molar-refractivity contribution in [1.29, 1.82) is 0 Å². The predicted octanol–water partition coefficient (Wildman–Crippen LogP) is 7.71. The number of carboxylic acid groups (broad SMARTS) is 1. The highest BCUT2D eigenvalue weighted by Gasteiger charge is 2.44. The Balaban J connectivity index is 1.27. The largest absolute Gasteiger partial charge is 0.497 e. The lowest BCUT2D eigenvalue weighted by Gasteiger charge is -2.46. The zero-order chi connectivity index (χ0) is 30.0. The van der Waals surface area contributed by atoms with Crippen molar-refractivity contribution in [3.63, 3.8) is 0 Å². The number of ether oxygens (including phenoxy) is 3. The van der Waals surface area contributed by atoms with E-state index in [-0.39, 0.29) is 17.1 Å². The van der Waals surface area contributed by atoms with Crippen LogP contribution < -0.4 is 14.4 Å². The highest BCUT2D eigenvalue weighted by Crippen LogP contribution is 2.47. The smallest absolute Gasteiger partial charge is 0.335 e. The summed E-state index contributed by atoms with van der Waals surface area (Å²) < 4.78 is 18.4. The van der Waals surface area contributed by atoms with Gasteiger partial charge in [0.05, 0.1) is 37.7 Å². The van der Waals surface area contributed by atoms with Gasteiger partial charge in [0.15, 0.2) is 0 Å². The zero-order valence-corrected chi connectivity index (χ0v) is 25.5. The van der Waals surface area contributed by atoms with E-state index in [4.69, 9.17) is 25.8 Å². The van der Waals surface area contributed by atoms with Crippen LogP contribution in [0.15, 0.2) is 73.3 Å². The molecule has 6 rings (SSSR count). The number of anilines is 1. The lowest BCUT2D eigenvalue weighted by molar-refractivity contribution is -0.0483. The molecule has 6 nitrogen and oxygen atoms in total. The highest BCUT2D eigenvalue weighted by atomic mass is 35.5. The molecule has 0 radical (unpaired) electrons. The average Bonchev–Trinajstić information content (AvgIpc) is 3.15. The number of carboxylic acids is 1. The molecular weight excluding hydrogens is 562 g/mol. The van der Waals surface area contributed by atoms with Crippen LogP contribution in [0.2, 0.25) is 5.02 Å². The first-order chi connectivity index (χ1) is 20.9. The zero-order valence-electron chi connectivity index (χ0n) is 24.8. The van der Waals surface area contributed by atoms with Gasteiger partial charge in [-0.15, -0.1) is 6.58 Å². The summed E-state index contributed by atoms with van der Waals surface area (Å²) in [7, 11) is 1.67. The maximum atomic E-state index is 12.0.